The highest BCUT2D eigenvalue weighted by Crippen LogP contribution is 2.19. The highest BCUT2D eigenvalue weighted by molar-refractivity contribution is 14.0. The lowest BCUT2D eigenvalue weighted by atomic mass is 9.97. The smallest absolute Gasteiger partial charge is 0.309 e. The molecule has 6 nitrogen and oxygen atoms in total. The number of ether oxygens (including phenoxy) is 1. The number of esters is 1. The van der Waals surface area contributed by atoms with Gasteiger partial charge in [0.05, 0.1) is 12.5 Å². The summed E-state index contributed by atoms with van der Waals surface area (Å²) < 4.78 is 5.13. The summed E-state index contributed by atoms with van der Waals surface area (Å²) in [6.07, 6.45) is 1.63. The zero-order chi connectivity index (χ0) is 18.2. The maximum Gasteiger partial charge on any atom is 0.309 e. The lowest BCUT2D eigenvalue weighted by Crippen LogP contribution is -2.46. The minimum absolute atomic E-state index is 0. The third-order valence-electron chi connectivity index (χ3n) is 4.53. The lowest BCUT2D eigenvalue weighted by molar-refractivity contribution is -0.149. The molecule has 1 fully saturated rings. The van der Waals surface area contributed by atoms with Crippen molar-refractivity contribution in [2.45, 2.75) is 26.3 Å². The molecule has 0 aromatic heterocycles. The molecule has 1 saturated heterocycles. The number of nitrogens with one attached hydrogen (secondary N) is 1. The SMILES string of the molecule is CCOC(=O)C1CCN(C(=NC)NCc2ccc(N(C)C)cc2)CC1.I. The van der Waals surface area contributed by atoms with Crippen LogP contribution in [0.1, 0.15) is 25.3 Å². The van der Waals surface area contributed by atoms with E-state index in [0.717, 1.165) is 38.4 Å². The van der Waals surface area contributed by atoms with E-state index in [4.69, 9.17) is 4.74 Å². The second-order valence-electron chi connectivity index (χ2n) is 6.48. The predicted octanol–water partition coefficient (Wildman–Crippen LogP) is 2.72. The molecule has 0 amide bonds. The van der Waals surface area contributed by atoms with Crippen LogP contribution in [0.15, 0.2) is 29.3 Å². The first kappa shape index (κ1) is 22.5. The summed E-state index contributed by atoms with van der Waals surface area (Å²) in [4.78, 5) is 20.5. The average molecular weight is 474 g/mol. The molecule has 0 radical (unpaired) electrons. The number of hydrogen-bond donors (Lipinski definition) is 1. The van der Waals surface area contributed by atoms with Crippen molar-refractivity contribution >= 4 is 41.6 Å². The van der Waals surface area contributed by atoms with E-state index in [1.54, 1.807) is 7.05 Å². The molecule has 1 aromatic carbocycles. The molecule has 1 aliphatic rings. The van der Waals surface area contributed by atoms with Gasteiger partial charge in [0.1, 0.15) is 0 Å². The molecule has 1 heterocycles. The number of piperidine rings is 1. The minimum Gasteiger partial charge on any atom is -0.466 e. The number of carbonyl (C=O) groups is 1. The second-order valence-corrected chi connectivity index (χ2v) is 6.48. The lowest BCUT2D eigenvalue weighted by Gasteiger charge is -2.33. The molecule has 26 heavy (non-hydrogen) atoms. The van der Waals surface area contributed by atoms with Gasteiger partial charge in [-0.2, -0.15) is 0 Å². The molecule has 1 aliphatic heterocycles. The topological polar surface area (TPSA) is 57.2 Å². The van der Waals surface area contributed by atoms with Crippen molar-refractivity contribution in [3.63, 3.8) is 0 Å². The molecular formula is C19H31IN4O2. The number of benzene rings is 1. The van der Waals surface area contributed by atoms with Crippen molar-refractivity contribution in [2.75, 3.05) is 45.7 Å². The molecular weight excluding hydrogens is 443 g/mol. The summed E-state index contributed by atoms with van der Waals surface area (Å²) in [5.74, 6) is 0.845. The number of anilines is 1. The molecule has 0 spiro atoms. The first-order valence-corrected chi connectivity index (χ1v) is 8.93. The Balaban J connectivity index is 0.00000338. The van der Waals surface area contributed by atoms with E-state index in [9.17, 15) is 4.79 Å². The number of carbonyl (C=O) groups excluding carboxylic acids is 1. The van der Waals surface area contributed by atoms with Gasteiger partial charge in [0.15, 0.2) is 5.96 Å². The van der Waals surface area contributed by atoms with Gasteiger partial charge in [0.25, 0.3) is 0 Å². The molecule has 7 heteroatoms. The molecule has 2 rings (SSSR count). The molecule has 0 aliphatic carbocycles. The molecule has 1 N–H and O–H groups in total. The zero-order valence-electron chi connectivity index (χ0n) is 16.2. The van der Waals surface area contributed by atoms with Crippen LogP contribution < -0.4 is 10.2 Å². The fourth-order valence-electron chi connectivity index (χ4n) is 3.01. The summed E-state index contributed by atoms with van der Waals surface area (Å²) in [5, 5.41) is 3.42. The summed E-state index contributed by atoms with van der Waals surface area (Å²) in [6.45, 7) is 4.68. The average Bonchev–Trinajstić information content (AvgIpc) is 2.63. The zero-order valence-corrected chi connectivity index (χ0v) is 18.5. The molecule has 0 bridgehead atoms. The molecule has 146 valence electrons. The molecule has 1 aromatic rings. The van der Waals surface area contributed by atoms with Crippen molar-refractivity contribution in [3.8, 4) is 0 Å². The Morgan fingerprint density at radius 1 is 1.27 bits per heavy atom. The Kier molecular flexibility index (Phi) is 9.75. The quantitative estimate of drug-likeness (QED) is 0.308. The fraction of sp³-hybridized carbons (Fsp3) is 0.579. The van der Waals surface area contributed by atoms with Crippen LogP contribution in [-0.2, 0) is 16.1 Å². The number of hydrogen-bond acceptors (Lipinski definition) is 4. The summed E-state index contributed by atoms with van der Waals surface area (Å²) in [5.41, 5.74) is 2.40. The highest BCUT2D eigenvalue weighted by Gasteiger charge is 2.27. The Morgan fingerprint density at radius 2 is 1.88 bits per heavy atom. The van der Waals surface area contributed by atoms with Crippen molar-refractivity contribution in [1.29, 1.82) is 0 Å². The van der Waals surface area contributed by atoms with Crippen molar-refractivity contribution in [3.05, 3.63) is 29.8 Å². The van der Waals surface area contributed by atoms with Crippen LogP contribution in [0.2, 0.25) is 0 Å². The highest BCUT2D eigenvalue weighted by atomic mass is 127. The number of halogens is 1. The number of likely N-dealkylation sites (tertiary alicyclic amines) is 1. The van der Waals surface area contributed by atoms with Crippen LogP contribution in [-0.4, -0.2) is 57.7 Å². The van der Waals surface area contributed by atoms with Crippen LogP contribution in [0.25, 0.3) is 0 Å². The third-order valence-corrected chi connectivity index (χ3v) is 4.53. The Hall–Kier alpha value is -1.51. The van der Waals surface area contributed by atoms with Gasteiger partial charge in [0, 0.05) is 46.5 Å². The summed E-state index contributed by atoms with van der Waals surface area (Å²) >= 11 is 0. The van der Waals surface area contributed by atoms with E-state index in [1.165, 1.54) is 11.3 Å². The van der Waals surface area contributed by atoms with Crippen molar-refractivity contribution < 1.29 is 9.53 Å². The second kappa shape index (κ2) is 11.3. The maximum atomic E-state index is 11.8. The van der Waals surface area contributed by atoms with Gasteiger partial charge in [-0.15, -0.1) is 24.0 Å². The predicted molar refractivity (Wildman–Crippen MR) is 117 cm³/mol. The first-order chi connectivity index (χ1) is 12.0. The van der Waals surface area contributed by atoms with E-state index in [0.29, 0.717) is 6.61 Å². The monoisotopic (exact) mass is 474 g/mol. The van der Waals surface area contributed by atoms with Gasteiger partial charge in [-0.05, 0) is 37.5 Å². The largest absolute Gasteiger partial charge is 0.466 e. The molecule has 0 saturated carbocycles. The number of nitrogens with zero attached hydrogens (tertiary/aromatic N) is 3. The molecule has 0 unspecified atom stereocenters. The standard InChI is InChI=1S/C19H30N4O2.HI/c1-5-25-18(24)16-10-12-23(13-11-16)19(20-2)21-14-15-6-8-17(9-7-15)22(3)4;/h6-9,16H,5,10-14H2,1-4H3,(H,20,21);1H. The minimum atomic E-state index is -0.0638. The van der Waals surface area contributed by atoms with E-state index >= 15 is 0 Å². The van der Waals surface area contributed by atoms with Crippen LogP contribution in [0, 0.1) is 5.92 Å². The molecule has 0 atom stereocenters. The Labute approximate surface area is 174 Å². The van der Waals surface area contributed by atoms with E-state index in [1.807, 2.05) is 21.0 Å². The van der Waals surface area contributed by atoms with Crippen molar-refractivity contribution in [1.82, 2.24) is 10.2 Å². The van der Waals surface area contributed by atoms with E-state index in [-0.39, 0.29) is 35.9 Å². The summed E-state index contributed by atoms with van der Waals surface area (Å²) in [7, 11) is 5.87. The van der Waals surface area contributed by atoms with Gasteiger partial charge in [0.2, 0.25) is 0 Å². The number of aliphatic imine (C=N–C) groups is 1. The van der Waals surface area contributed by atoms with Crippen LogP contribution in [0.5, 0.6) is 0 Å². The van der Waals surface area contributed by atoms with Gasteiger partial charge in [-0.3, -0.25) is 9.79 Å². The van der Waals surface area contributed by atoms with Gasteiger partial charge < -0.3 is 19.9 Å². The van der Waals surface area contributed by atoms with Crippen LogP contribution in [0.3, 0.4) is 0 Å². The maximum absolute atomic E-state index is 11.8. The van der Waals surface area contributed by atoms with Gasteiger partial charge >= 0.3 is 5.97 Å². The number of rotatable bonds is 5. The van der Waals surface area contributed by atoms with Crippen LogP contribution >= 0.6 is 24.0 Å². The Bertz CT molecular complexity index is 582. The van der Waals surface area contributed by atoms with Crippen LogP contribution in [0.4, 0.5) is 5.69 Å². The van der Waals surface area contributed by atoms with Gasteiger partial charge in [-0.25, -0.2) is 0 Å². The normalized spacial score (nSPS) is 15.2. The van der Waals surface area contributed by atoms with E-state index in [2.05, 4.69) is 44.4 Å². The number of guanidine groups is 1. The van der Waals surface area contributed by atoms with E-state index < -0.39 is 0 Å². The fourth-order valence-corrected chi connectivity index (χ4v) is 3.01. The Morgan fingerprint density at radius 3 is 2.38 bits per heavy atom. The first-order valence-electron chi connectivity index (χ1n) is 8.93. The van der Waals surface area contributed by atoms with Crippen molar-refractivity contribution in [2.24, 2.45) is 10.9 Å². The summed E-state index contributed by atoms with van der Waals surface area (Å²) in [6, 6.07) is 8.49. The van der Waals surface area contributed by atoms with Gasteiger partial charge in [-0.1, -0.05) is 12.1 Å². The third kappa shape index (κ3) is 6.34.